The van der Waals surface area contributed by atoms with Gasteiger partial charge < -0.3 is 11.1 Å². The van der Waals surface area contributed by atoms with E-state index in [4.69, 9.17) is 5.73 Å². The molecule has 0 bridgehead atoms. The second kappa shape index (κ2) is 5.85. The van der Waals surface area contributed by atoms with E-state index < -0.39 is 0 Å². The molecule has 102 valence electrons. The lowest BCUT2D eigenvalue weighted by molar-refractivity contribution is -0.121. The molecule has 1 amide bonds. The summed E-state index contributed by atoms with van der Waals surface area (Å²) in [5, 5.41) is 3.24. The van der Waals surface area contributed by atoms with Crippen LogP contribution in [-0.4, -0.2) is 11.9 Å². The molecule has 0 spiro atoms. The Morgan fingerprint density at radius 1 is 1.39 bits per heavy atom. The number of nitrogens with two attached hydrogens (primary N) is 1. The highest BCUT2D eigenvalue weighted by Gasteiger charge is 2.20. The monoisotopic (exact) mass is 268 g/mol. The molecule has 18 heavy (non-hydrogen) atoms. The summed E-state index contributed by atoms with van der Waals surface area (Å²) < 4.78 is 0. The van der Waals surface area contributed by atoms with Crippen molar-refractivity contribution in [2.75, 3.05) is 0 Å². The lowest BCUT2D eigenvalue weighted by Gasteiger charge is -2.18. The molecule has 1 atom stereocenters. The fourth-order valence-electron chi connectivity index (χ4n) is 1.75. The summed E-state index contributed by atoms with van der Waals surface area (Å²) in [6.45, 7) is 11.3. The van der Waals surface area contributed by atoms with E-state index in [-0.39, 0.29) is 23.3 Å². The van der Waals surface area contributed by atoms with E-state index in [0.717, 1.165) is 0 Å². The standard InChI is InChI=1S/C14H24N2OS/c1-9(2)12(13(15)17)16-8-10-6-7-11(18-10)14(3,4)5/h6-7,9,12,16H,8H2,1-5H3,(H2,15,17). The van der Waals surface area contributed by atoms with Crippen molar-refractivity contribution in [3.05, 3.63) is 21.9 Å². The molecule has 4 heteroatoms. The molecule has 0 aromatic carbocycles. The molecule has 0 saturated carbocycles. The Balaban J connectivity index is 2.63. The van der Waals surface area contributed by atoms with Crippen LogP contribution in [0.25, 0.3) is 0 Å². The number of rotatable bonds is 5. The second-order valence-electron chi connectivity index (χ2n) is 6.02. The molecule has 0 aliphatic carbocycles. The molecule has 0 saturated heterocycles. The van der Waals surface area contributed by atoms with Crippen LogP contribution in [0.3, 0.4) is 0 Å². The van der Waals surface area contributed by atoms with Crippen molar-refractivity contribution in [3.8, 4) is 0 Å². The minimum Gasteiger partial charge on any atom is -0.368 e. The molecular weight excluding hydrogens is 244 g/mol. The van der Waals surface area contributed by atoms with Gasteiger partial charge in [0.05, 0.1) is 6.04 Å². The summed E-state index contributed by atoms with van der Waals surface area (Å²) in [6, 6.07) is 4.03. The summed E-state index contributed by atoms with van der Waals surface area (Å²) in [6.07, 6.45) is 0. The summed E-state index contributed by atoms with van der Waals surface area (Å²) in [7, 11) is 0. The maximum absolute atomic E-state index is 11.3. The first kappa shape index (κ1) is 15.2. The fraction of sp³-hybridized carbons (Fsp3) is 0.643. The van der Waals surface area contributed by atoms with Crippen LogP contribution in [-0.2, 0) is 16.8 Å². The van der Waals surface area contributed by atoms with Crippen LogP contribution in [0.5, 0.6) is 0 Å². The normalized spacial score (nSPS) is 13.9. The van der Waals surface area contributed by atoms with Crippen molar-refractivity contribution >= 4 is 17.2 Å². The van der Waals surface area contributed by atoms with Crippen LogP contribution in [0.1, 0.15) is 44.4 Å². The quantitative estimate of drug-likeness (QED) is 0.862. The number of thiophene rings is 1. The van der Waals surface area contributed by atoms with Crippen molar-refractivity contribution in [1.29, 1.82) is 0 Å². The predicted octanol–water partition coefficient (Wildman–Crippen LogP) is 2.65. The van der Waals surface area contributed by atoms with Crippen LogP contribution < -0.4 is 11.1 Å². The highest BCUT2D eigenvalue weighted by atomic mass is 32.1. The van der Waals surface area contributed by atoms with Crippen molar-refractivity contribution in [1.82, 2.24) is 5.32 Å². The van der Waals surface area contributed by atoms with Gasteiger partial charge in [-0.3, -0.25) is 4.79 Å². The Hall–Kier alpha value is -0.870. The number of nitrogens with one attached hydrogen (secondary N) is 1. The molecule has 3 nitrogen and oxygen atoms in total. The summed E-state index contributed by atoms with van der Waals surface area (Å²) >= 11 is 1.79. The lowest BCUT2D eigenvalue weighted by atomic mass is 9.95. The minimum atomic E-state index is -0.280. The zero-order valence-corrected chi connectivity index (χ0v) is 12.7. The van der Waals surface area contributed by atoms with Gasteiger partial charge in [0.1, 0.15) is 0 Å². The fourth-order valence-corrected chi connectivity index (χ4v) is 2.77. The number of carbonyl (C=O) groups excluding carboxylic acids is 1. The third-order valence-electron chi connectivity index (χ3n) is 2.87. The third kappa shape index (κ3) is 4.10. The van der Waals surface area contributed by atoms with E-state index in [1.165, 1.54) is 9.75 Å². The van der Waals surface area contributed by atoms with Crippen molar-refractivity contribution in [3.63, 3.8) is 0 Å². The predicted molar refractivity (Wildman–Crippen MR) is 77.7 cm³/mol. The van der Waals surface area contributed by atoms with Crippen LogP contribution >= 0.6 is 11.3 Å². The van der Waals surface area contributed by atoms with E-state index in [1.54, 1.807) is 11.3 Å². The molecule has 0 fully saturated rings. The first-order chi connectivity index (χ1) is 8.21. The SMILES string of the molecule is CC(C)C(NCc1ccc(C(C)(C)C)s1)C(N)=O. The Morgan fingerprint density at radius 3 is 2.39 bits per heavy atom. The van der Waals surface area contributed by atoms with Gasteiger partial charge in [0.25, 0.3) is 0 Å². The Morgan fingerprint density at radius 2 is 2.00 bits per heavy atom. The van der Waals surface area contributed by atoms with E-state index in [1.807, 2.05) is 13.8 Å². The van der Waals surface area contributed by atoms with Crippen molar-refractivity contribution in [2.24, 2.45) is 11.7 Å². The topological polar surface area (TPSA) is 55.1 Å². The van der Waals surface area contributed by atoms with Crippen LogP contribution in [0.15, 0.2) is 12.1 Å². The van der Waals surface area contributed by atoms with E-state index in [2.05, 4.69) is 38.2 Å². The maximum atomic E-state index is 11.3. The number of primary amides is 1. The summed E-state index contributed by atoms with van der Waals surface area (Å²) in [5.41, 5.74) is 5.56. The van der Waals surface area contributed by atoms with Crippen molar-refractivity contribution < 1.29 is 4.79 Å². The average molecular weight is 268 g/mol. The van der Waals surface area contributed by atoms with Crippen LogP contribution in [0.4, 0.5) is 0 Å². The highest BCUT2D eigenvalue weighted by Crippen LogP contribution is 2.29. The molecule has 1 aromatic heterocycles. The largest absolute Gasteiger partial charge is 0.368 e. The highest BCUT2D eigenvalue weighted by molar-refractivity contribution is 7.12. The van der Waals surface area contributed by atoms with Crippen LogP contribution in [0.2, 0.25) is 0 Å². The molecule has 1 heterocycles. The smallest absolute Gasteiger partial charge is 0.234 e. The third-order valence-corrected chi connectivity index (χ3v) is 4.38. The zero-order chi connectivity index (χ0) is 13.9. The average Bonchev–Trinajstić information content (AvgIpc) is 2.64. The second-order valence-corrected chi connectivity index (χ2v) is 7.19. The summed E-state index contributed by atoms with van der Waals surface area (Å²) in [5.74, 6) is -0.0675. The number of hydrogen-bond donors (Lipinski definition) is 2. The van der Waals surface area contributed by atoms with E-state index >= 15 is 0 Å². The van der Waals surface area contributed by atoms with Gasteiger partial charge in [-0.1, -0.05) is 34.6 Å². The van der Waals surface area contributed by atoms with Gasteiger partial charge in [0.2, 0.25) is 5.91 Å². The number of hydrogen-bond acceptors (Lipinski definition) is 3. The van der Waals surface area contributed by atoms with Gasteiger partial charge in [-0.2, -0.15) is 0 Å². The van der Waals surface area contributed by atoms with Gasteiger partial charge in [-0.05, 0) is 23.5 Å². The van der Waals surface area contributed by atoms with Gasteiger partial charge >= 0.3 is 0 Å². The molecule has 0 aliphatic rings. The first-order valence-corrected chi connectivity index (χ1v) is 7.15. The van der Waals surface area contributed by atoms with Gasteiger partial charge in [0, 0.05) is 16.3 Å². The van der Waals surface area contributed by atoms with Gasteiger partial charge in [0.15, 0.2) is 0 Å². The number of carbonyl (C=O) groups is 1. The van der Waals surface area contributed by atoms with Gasteiger partial charge in [-0.15, -0.1) is 11.3 Å². The van der Waals surface area contributed by atoms with E-state index in [9.17, 15) is 4.79 Å². The lowest BCUT2D eigenvalue weighted by Crippen LogP contribution is -2.44. The van der Waals surface area contributed by atoms with Crippen molar-refractivity contribution in [2.45, 2.75) is 52.6 Å². The van der Waals surface area contributed by atoms with Crippen LogP contribution in [0, 0.1) is 5.92 Å². The molecule has 1 aromatic rings. The Labute approximate surface area is 114 Å². The zero-order valence-electron chi connectivity index (χ0n) is 11.9. The Kier molecular flexibility index (Phi) is 4.93. The summed E-state index contributed by atoms with van der Waals surface area (Å²) in [4.78, 5) is 13.9. The van der Waals surface area contributed by atoms with Gasteiger partial charge in [-0.25, -0.2) is 0 Å². The first-order valence-electron chi connectivity index (χ1n) is 6.33. The molecule has 0 radical (unpaired) electrons. The Bertz CT molecular complexity index is 404. The molecular formula is C14H24N2OS. The molecule has 3 N–H and O–H groups in total. The molecule has 1 rings (SSSR count). The number of amides is 1. The minimum absolute atomic E-state index is 0.185. The maximum Gasteiger partial charge on any atom is 0.234 e. The van der Waals surface area contributed by atoms with E-state index in [0.29, 0.717) is 6.54 Å². The molecule has 0 aliphatic heterocycles. The molecule has 1 unspecified atom stereocenters.